The molecule has 19 heavy (non-hydrogen) atoms. The SMILES string of the molecule is COC(=O)C1(n2cc3cc(Br)c(Cl)cc3n2)CCC1. The largest absolute Gasteiger partial charge is 0.467 e. The number of carbonyl (C=O) groups is 1. The summed E-state index contributed by atoms with van der Waals surface area (Å²) in [6, 6.07) is 3.70. The van der Waals surface area contributed by atoms with Crippen LogP contribution in [0, 0.1) is 0 Å². The minimum Gasteiger partial charge on any atom is -0.467 e. The topological polar surface area (TPSA) is 44.1 Å². The lowest BCUT2D eigenvalue weighted by molar-refractivity contribution is -0.157. The average Bonchev–Trinajstić information content (AvgIpc) is 2.71. The van der Waals surface area contributed by atoms with Gasteiger partial charge < -0.3 is 4.74 Å². The van der Waals surface area contributed by atoms with Crippen molar-refractivity contribution in [3.8, 4) is 0 Å². The predicted molar refractivity (Wildman–Crippen MR) is 76.3 cm³/mol. The molecule has 1 heterocycles. The van der Waals surface area contributed by atoms with E-state index in [4.69, 9.17) is 16.3 Å². The molecule has 0 atom stereocenters. The van der Waals surface area contributed by atoms with Crippen molar-refractivity contribution in [1.82, 2.24) is 9.78 Å². The lowest BCUT2D eigenvalue weighted by atomic mass is 9.77. The van der Waals surface area contributed by atoms with Gasteiger partial charge in [0.2, 0.25) is 0 Å². The van der Waals surface area contributed by atoms with E-state index in [1.165, 1.54) is 7.11 Å². The molecule has 0 aliphatic heterocycles. The van der Waals surface area contributed by atoms with E-state index in [1.54, 1.807) is 10.7 Å². The van der Waals surface area contributed by atoms with E-state index in [9.17, 15) is 4.79 Å². The third kappa shape index (κ3) is 1.87. The van der Waals surface area contributed by atoms with Crippen LogP contribution in [-0.4, -0.2) is 22.9 Å². The Kier molecular flexibility index (Phi) is 3.06. The van der Waals surface area contributed by atoms with Crippen molar-refractivity contribution in [2.45, 2.75) is 24.8 Å². The van der Waals surface area contributed by atoms with Crippen molar-refractivity contribution in [2.75, 3.05) is 7.11 Å². The van der Waals surface area contributed by atoms with Gasteiger partial charge in [-0.25, -0.2) is 4.79 Å². The Morgan fingerprint density at radius 1 is 1.53 bits per heavy atom. The second-order valence-corrected chi connectivity index (χ2v) is 6.04. The number of carbonyl (C=O) groups excluding carboxylic acids is 1. The van der Waals surface area contributed by atoms with Crippen LogP contribution in [0.15, 0.2) is 22.8 Å². The first-order chi connectivity index (χ1) is 9.06. The van der Waals surface area contributed by atoms with Crippen LogP contribution >= 0.6 is 27.5 Å². The van der Waals surface area contributed by atoms with E-state index in [1.807, 2.05) is 12.3 Å². The molecule has 0 amide bonds. The molecule has 1 aliphatic rings. The van der Waals surface area contributed by atoms with Gasteiger partial charge in [-0.2, -0.15) is 5.10 Å². The van der Waals surface area contributed by atoms with Crippen molar-refractivity contribution in [3.63, 3.8) is 0 Å². The summed E-state index contributed by atoms with van der Waals surface area (Å²) >= 11 is 9.45. The number of aromatic nitrogens is 2. The lowest BCUT2D eigenvalue weighted by Gasteiger charge is -2.38. The van der Waals surface area contributed by atoms with Crippen molar-refractivity contribution in [3.05, 3.63) is 27.8 Å². The Morgan fingerprint density at radius 2 is 2.26 bits per heavy atom. The number of hydrogen-bond acceptors (Lipinski definition) is 3. The molecule has 1 aromatic heterocycles. The summed E-state index contributed by atoms with van der Waals surface area (Å²) < 4.78 is 7.47. The first-order valence-electron chi connectivity index (χ1n) is 6.00. The molecule has 100 valence electrons. The van der Waals surface area contributed by atoms with Crippen LogP contribution in [0.1, 0.15) is 19.3 Å². The second kappa shape index (κ2) is 4.49. The van der Waals surface area contributed by atoms with Gasteiger partial charge in [0.15, 0.2) is 5.54 Å². The molecule has 0 unspecified atom stereocenters. The summed E-state index contributed by atoms with van der Waals surface area (Å²) in [4.78, 5) is 12.0. The molecule has 0 bridgehead atoms. The highest BCUT2D eigenvalue weighted by Crippen LogP contribution is 2.41. The predicted octanol–water partition coefficient (Wildman–Crippen LogP) is 3.50. The number of hydrogen-bond donors (Lipinski definition) is 0. The number of rotatable bonds is 2. The van der Waals surface area contributed by atoms with E-state index in [2.05, 4.69) is 21.0 Å². The molecule has 1 fully saturated rings. The number of methoxy groups -OCH3 is 1. The molecule has 1 saturated carbocycles. The lowest BCUT2D eigenvalue weighted by Crippen LogP contribution is -2.48. The molecular weight excluding hydrogens is 332 g/mol. The Balaban J connectivity index is 2.12. The first kappa shape index (κ1) is 12.9. The standard InChI is InChI=1S/C13H12BrClN2O2/c1-19-12(18)13(3-2-4-13)17-7-8-5-9(14)10(15)6-11(8)16-17/h5-7H,2-4H2,1H3. The van der Waals surface area contributed by atoms with Crippen molar-refractivity contribution < 1.29 is 9.53 Å². The van der Waals surface area contributed by atoms with E-state index < -0.39 is 5.54 Å². The molecule has 1 aromatic carbocycles. The Bertz CT molecular complexity index is 625. The third-order valence-electron chi connectivity index (χ3n) is 3.73. The third-order valence-corrected chi connectivity index (χ3v) is 4.93. The molecule has 1 aliphatic carbocycles. The fourth-order valence-corrected chi connectivity index (χ4v) is 2.99. The maximum absolute atomic E-state index is 12.0. The zero-order valence-corrected chi connectivity index (χ0v) is 12.7. The van der Waals surface area contributed by atoms with Gasteiger partial charge in [-0.05, 0) is 47.3 Å². The normalized spacial score (nSPS) is 17.2. The summed E-state index contributed by atoms with van der Waals surface area (Å²) in [5, 5.41) is 6.05. The molecule has 0 radical (unpaired) electrons. The Morgan fingerprint density at radius 3 is 2.84 bits per heavy atom. The van der Waals surface area contributed by atoms with E-state index in [0.29, 0.717) is 5.02 Å². The molecule has 4 nitrogen and oxygen atoms in total. The van der Waals surface area contributed by atoms with Crippen LogP contribution in [0.4, 0.5) is 0 Å². The summed E-state index contributed by atoms with van der Waals surface area (Å²) in [5.74, 6) is -0.225. The minimum absolute atomic E-state index is 0.225. The van der Waals surface area contributed by atoms with Crippen molar-refractivity contribution in [2.24, 2.45) is 0 Å². The summed E-state index contributed by atoms with van der Waals surface area (Å²) in [5.41, 5.74) is 0.149. The first-order valence-corrected chi connectivity index (χ1v) is 7.17. The molecule has 0 spiro atoms. The highest BCUT2D eigenvalue weighted by Gasteiger charge is 2.48. The fourth-order valence-electron chi connectivity index (χ4n) is 2.47. The van der Waals surface area contributed by atoms with Crippen LogP contribution in [0.25, 0.3) is 10.9 Å². The van der Waals surface area contributed by atoms with Crippen LogP contribution in [0.5, 0.6) is 0 Å². The monoisotopic (exact) mass is 342 g/mol. The smallest absolute Gasteiger partial charge is 0.333 e. The van der Waals surface area contributed by atoms with Gasteiger partial charge in [-0.1, -0.05) is 11.6 Å². The molecule has 2 aromatic rings. The summed E-state index contributed by atoms with van der Waals surface area (Å²) in [6.07, 6.45) is 4.42. The summed E-state index contributed by atoms with van der Waals surface area (Å²) in [7, 11) is 1.42. The van der Waals surface area contributed by atoms with Gasteiger partial charge in [-0.3, -0.25) is 4.68 Å². The number of benzene rings is 1. The second-order valence-electron chi connectivity index (χ2n) is 4.78. The van der Waals surface area contributed by atoms with E-state index in [-0.39, 0.29) is 5.97 Å². The maximum atomic E-state index is 12.0. The number of fused-ring (bicyclic) bond motifs is 1. The van der Waals surface area contributed by atoms with Crippen molar-refractivity contribution >= 4 is 44.4 Å². The molecule has 0 saturated heterocycles. The van der Waals surface area contributed by atoms with Gasteiger partial charge in [0, 0.05) is 16.1 Å². The molecular formula is C13H12BrClN2O2. The van der Waals surface area contributed by atoms with Gasteiger partial charge in [0.25, 0.3) is 0 Å². The van der Waals surface area contributed by atoms with Crippen molar-refractivity contribution in [1.29, 1.82) is 0 Å². The van der Waals surface area contributed by atoms with Crippen LogP contribution in [0.2, 0.25) is 5.02 Å². The van der Waals surface area contributed by atoms with Crippen LogP contribution < -0.4 is 0 Å². The Hall–Kier alpha value is -1.07. The number of nitrogens with zero attached hydrogens (tertiary/aromatic N) is 2. The zero-order valence-electron chi connectivity index (χ0n) is 10.3. The summed E-state index contributed by atoms with van der Waals surface area (Å²) in [6.45, 7) is 0. The minimum atomic E-state index is -0.632. The highest BCUT2D eigenvalue weighted by molar-refractivity contribution is 9.10. The Labute approximate surface area is 123 Å². The number of halogens is 2. The van der Waals surface area contributed by atoms with Gasteiger partial charge >= 0.3 is 5.97 Å². The molecule has 0 N–H and O–H groups in total. The zero-order chi connectivity index (χ0) is 13.6. The quantitative estimate of drug-likeness (QED) is 0.784. The van der Waals surface area contributed by atoms with Gasteiger partial charge in [0.05, 0.1) is 17.6 Å². The van der Waals surface area contributed by atoms with Gasteiger partial charge in [0.1, 0.15) is 0 Å². The van der Waals surface area contributed by atoms with E-state index in [0.717, 1.165) is 34.6 Å². The highest BCUT2D eigenvalue weighted by atomic mass is 79.9. The number of ether oxygens (including phenoxy) is 1. The van der Waals surface area contributed by atoms with Crippen LogP contribution in [0.3, 0.4) is 0 Å². The number of esters is 1. The fraction of sp³-hybridized carbons (Fsp3) is 0.385. The molecule has 6 heteroatoms. The van der Waals surface area contributed by atoms with E-state index >= 15 is 0 Å². The maximum Gasteiger partial charge on any atom is 0.333 e. The average molecular weight is 344 g/mol. The van der Waals surface area contributed by atoms with Crippen LogP contribution in [-0.2, 0) is 15.1 Å². The van der Waals surface area contributed by atoms with Gasteiger partial charge in [-0.15, -0.1) is 0 Å². The molecule has 3 rings (SSSR count).